The molecule has 7 heteroatoms. The molecule has 36 heavy (non-hydrogen) atoms. The van der Waals surface area contributed by atoms with E-state index in [1.807, 2.05) is 24.8 Å². The Morgan fingerprint density at radius 3 is 2.03 bits per heavy atom. The second-order valence-electron chi connectivity index (χ2n) is 10.1. The van der Waals surface area contributed by atoms with Crippen LogP contribution in [0.4, 0.5) is 0 Å². The Balaban J connectivity index is 1.11. The number of nitrogens with one attached hydrogen (secondary N) is 3. The highest BCUT2D eigenvalue weighted by molar-refractivity contribution is 5.89. The first-order valence-electron chi connectivity index (χ1n) is 13.0. The van der Waals surface area contributed by atoms with Crippen molar-refractivity contribution in [2.75, 3.05) is 6.54 Å². The van der Waals surface area contributed by atoms with Gasteiger partial charge in [0.05, 0.1) is 29.8 Å². The summed E-state index contributed by atoms with van der Waals surface area (Å²) >= 11 is 0. The number of hydrogen-bond donors (Lipinski definition) is 3. The maximum atomic E-state index is 4.67. The second-order valence-corrected chi connectivity index (χ2v) is 10.1. The van der Waals surface area contributed by atoms with E-state index in [4.69, 9.17) is 0 Å². The van der Waals surface area contributed by atoms with Gasteiger partial charge < -0.3 is 15.3 Å². The molecule has 4 heterocycles. The molecular formula is C29H29N7. The maximum absolute atomic E-state index is 4.67. The SMILES string of the molecule is c1cc2cc(-c3cnc([C@@H]4CCCN4)[nH]3)ccc2cc1-c1ncc(-c2cnc(C3CCCC3)[nH]2)cn1. The van der Waals surface area contributed by atoms with E-state index >= 15 is 0 Å². The summed E-state index contributed by atoms with van der Waals surface area (Å²) < 4.78 is 0. The van der Waals surface area contributed by atoms with Gasteiger partial charge in [-0.2, -0.15) is 0 Å². The van der Waals surface area contributed by atoms with E-state index in [1.165, 1.54) is 37.5 Å². The molecule has 1 aliphatic carbocycles. The van der Waals surface area contributed by atoms with Gasteiger partial charge in [0.15, 0.2) is 5.82 Å². The van der Waals surface area contributed by atoms with Gasteiger partial charge in [-0.1, -0.05) is 37.1 Å². The molecule has 2 aromatic carbocycles. The topological polar surface area (TPSA) is 95.2 Å². The van der Waals surface area contributed by atoms with Crippen LogP contribution in [0.1, 0.15) is 62.1 Å². The molecule has 7 rings (SSSR count). The molecule has 1 atom stereocenters. The van der Waals surface area contributed by atoms with E-state index in [0.29, 0.717) is 12.0 Å². The fourth-order valence-corrected chi connectivity index (χ4v) is 5.64. The maximum Gasteiger partial charge on any atom is 0.159 e. The Morgan fingerprint density at radius 2 is 1.28 bits per heavy atom. The first-order chi connectivity index (χ1) is 17.8. The average Bonchev–Trinajstić information content (AvgIpc) is 3.75. The highest BCUT2D eigenvalue weighted by atomic mass is 15.0. The van der Waals surface area contributed by atoms with Crippen molar-refractivity contribution in [3.63, 3.8) is 0 Å². The van der Waals surface area contributed by atoms with Gasteiger partial charge in [-0.15, -0.1) is 0 Å². The van der Waals surface area contributed by atoms with E-state index in [0.717, 1.165) is 63.9 Å². The van der Waals surface area contributed by atoms with Crippen LogP contribution in [0.5, 0.6) is 0 Å². The molecule has 0 radical (unpaired) electrons. The molecule has 180 valence electrons. The predicted octanol–water partition coefficient (Wildman–Crippen LogP) is 6.16. The molecule has 1 saturated carbocycles. The van der Waals surface area contributed by atoms with Crippen LogP contribution in [-0.2, 0) is 0 Å². The molecule has 2 aliphatic rings. The van der Waals surface area contributed by atoms with E-state index in [9.17, 15) is 0 Å². The summed E-state index contributed by atoms with van der Waals surface area (Å²) in [7, 11) is 0. The van der Waals surface area contributed by atoms with Crippen LogP contribution in [0.15, 0.2) is 61.2 Å². The number of hydrogen-bond acceptors (Lipinski definition) is 5. The number of fused-ring (bicyclic) bond motifs is 1. The standard InChI is InChI=1S/C29H29N7/c1-2-5-18(4-1)28-33-17-26(35-28)23-14-31-27(32-15-23)22-10-8-19-12-21(9-7-20(19)13-22)25-16-34-29(36-25)24-6-3-11-30-24/h7-10,12-18,24,30H,1-6,11H2,(H,33,35)(H,34,36)/t24-/m0/s1. The summed E-state index contributed by atoms with van der Waals surface area (Å²) in [6.07, 6.45) is 15.0. The third-order valence-electron chi connectivity index (χ3n) is 7.70. The first-order valence-corrected chi connectivity index (χ1v) is 13.0. The molecule has 7 nitrogen and oxygen atoms in total. The number of rotatable bonds is 5. The third kappa shape index (κ3) is 3.99. The Hall–Kier alpha value is -3.84. The zero-order valence-corrected chi connectivity index (χ0v) is 20.2. The smallest absolute Gasteiger partial charge is 0.159 e. The molecule has 0 bridgehead atoms. The van der Waals surface area contributed by atoms with Gasteiger partial charge in [0.1, 0.15) is 11.6 Å². The van der Waals surface area contributed by atoms with E-state index < -0.39 is 0 Å². The van der Waals surface area contributed by atoms with Crippen molar-refractivity contribution in [1.29, 1.82) is 0 Å². The van der Waals surface area contributed by atoms with Crippen molar-refractivity contribution in [3.8, 4) is 33.9 Å². The van der Waals surface area contributed by atoms with Crippen LogP contribution in [0, 0.1) is 0 Å². The minimum absolute atomic E-state index is 0.343. The van der Waals surface area contributed by atoms with Crippen molar-refractivity contribution >= 4 is 10.8 Å². The Morgan fingerprint density at radius 1 is 0.611 bits per heavy atom. The van der Waals surface area contributed by atoms with Crippen molar-refractivity contribution in [2.45, 2.75) is 50.5 Å². The lowest BCUT2D eigenvalue weighted by atomic mass is 10.0. The highest BCUT2D eigenvalue weighted by Crippen LogP contribution is 2.33. The van der Waals surface area contributed by atoms with Crippen LogP contribution in [-0.4, -0.2) is 36.4 Å². The molecule has 5 aromatic rings. The van der Waals surface area contributed by atoms with Crippen LogP contribution >= 0.6 is 0 Å². The highest BCUT2D eigenvalue weighted by Gasteiger charge is 2.21. The largest absolute Gasteiger partial charge is 0.342 e. The number of H-pyrrole nitrogens is 2. The van der Waals surface area contributed by atoms with Gasteiger partial charge in [-0.25, -0.2) is 19.9 Å². The third-order valence-corrected chi connectivity index (χ3v) is 7.70. The zero-order valence-electron chi connectivity index (χ0n) is 20.2. The van der Waals surface area contributed by atoms with Crippen molar-refractivity contribution < 1.29 is 0 Å². The lowest BCUT2D eigenvalue weighted by Crippen LogP contribution is -2.14. The molecule has 1 saturated heterocycles. The van der Waals surface area contributed by atoms with E-state index in [2.05, 4.69) is 71.6 Å². The Labute approximate surface area is 209 Å². The van der Waals surface area contributed by atoms with Gasteiger partial charge >= 0.3 is 0 Å². The van der Waals surface area contributed by atoms with Crippen LogP contribution < -0.4 is 5.32 Å². The molecule has 2 fully saturated rings. The molecular weight excluding hydrogens is 446 g/mol. The van der Waals surface area contributed by atoms with Crippen LogP contribution in [0.2, 0.25) is 0 Å². The van der Waals surface area contributed by atoms with Gasteiger partial charge in [0.2, 0.25) is 0 Å². The predicted molar refractivity (Wildman–Crippen MR) is 141 cm³/mol. The minimum atomic E-state index is 0.343. The van der Waals surface area contributed by atoms with Gasteiger partial charge in [-0.05, 0) is 55.1 Å². The van der Waals surface area contributed by atoms with Crippen LogP contribution in [0.25, 0.3) is 44.7 Å². The van der Waals surface area contributed by atoms with Gasteiger partial charge in [0, 0.05) is 35.0 Å². The Kier molecular flexibility index (Phi) is 5.35. The number of aromatic nitrogens is 6. The lowest BCUT2D eigenvalue weighted by Gasteiger charge is -2.07. The summed E-state index contributed by atoms with van der Waals surface area (Å²) in [5.74, 6) is 3.42. The van der Waals surface area contributed by atoms with Crippen molar-refractivity contribution in [1.82, 2.24) is 35.2 Å². The molecule has 0 amide bonds. The first kappa shape index (κ1) is 21.4. The summed E-state index contributed by atoms with van der Waals surface area (Å²) in [5, 5.41) is 5.85. The Bertz CT molecular complexity index is 1500. The number of aromatic amines is 2. The van der Waals surface area contributed by atoms with Crippen molar-refractivity contribution in [2.24, 2.45) is 0 Å². The van der Waals surface area contributed by atoms with Gasteiger partial charge in [-0.3, -0.25) is 0 Å². The quantitative estimate of drug-likeness (QED) is 0.283. The lowest BCUT2D eigenvalue weighted by molar-refractivity contribution is 0.613. The zero-order chi connectivity index (χ0) is 23.9. The molecule has 3 N–H and O–H groups in total. The summed E-state index contributed by atoms with van der Waals surface area (Å²) in [5.41, 5.74) is 5.16. The second kappa shape index (κ2) is 8.99. The minimum Gasteiger partial charge on any atom is -0.342 e. The summed E-state index contributed by atoms with van der Waals surface area (Å²) in [6.45, 7) is 1.07. The monoisotopic (exact) mass is 475 g/mol. The summed E-state index contributed by atoms with van der Waals surface area (Å²) in [4.78, 5) is 25.6. The molecule has 0 unspecified atom stereocenters. The number of nitrogens with zero attached hydrogens (tertiary/aromatic N) is 4. The number of imidazole rings is 2. The van der Waals surface area contributed by atoms with E-state index in [1.54, 1.807) is 0 Å². The summed E-state index contributed by atoms with van der Waals surface area (Å²) in [6, 6.07) is 13.3. The average molecular weight is 476 g/mol. The molecule has 1 aliphatic heterocycles. The van der Waals surface area contributed by atoms with Crippen molar-refractivity contribution in [3.05, 3.63) is 72.8 Å². The fraction of sp³-hybridized carbons (Fsp3) is 0.310. The van der Waals surface area contributed by atoms with Crippen LogP contribution in [0.3, 0.4) is 0 Å². The normalized spacial score (nSPS) is 18.4. The molecule has 0 spiro atoms. The fourth-order valence-electron chi connectivity index (χ4n) is 5.64. The van der Waals surface area contributed by atoms with E-state index in [-0.39, 0.29) is 0 Å². The van der Waals surface area contributed by atoms with Gasteiger partial charge in [0.25, 0.3) is 0 Å². The molecule has 3 aromatic heterocycles. The number of benzene rings is 2.